The van der Waals surface area contributed by atoms with E-state index in [0.29, 0.717) is 6.61 Å². The molecule has 0 aliphatic rings. The van der Waals surface area contributed by atoms with Gasteiger partial charge in [0.2, 0.25) is 0 Å². The maximum absolute atomic E-state index is 5.47. The fourth-order valence-electron chi connectivity index (χ4n) is 2.09. The molecule has 0 bridgehead atoms. The van der Waals surface area contributed by atoms with Gasteiger partial charge < -0.3 is 14.3 Å². The highest BCUT2D eigenvalue weighted by molar-refractivity contribution is 7.71. The molecule has 0 aliphatic carbocycles. The quantitative estimate of drug-likeness (QED) is 0.840. The molecule has 1 aromatic heterocycles. The lowest BCUT2D eigenvalue weighted by molar-refractivity contribution is 0.119. The summed E-state index contributed by atoms with van der Waals surface area (Å²) in [4.78, 5) is 3.27. The van der Waals surface area contributed by atoms with Crippen molar-refractivity contribution in [3.05, 3.63) is 28.5 Å². The molecule has 2 rings (SSSR count). The fraction of sp³-hybridized carbons (Fsp3) is 0.462. The van der Waals surface area contributed by atoms with Crippen molar-refractivity contribution in [3.8, 4) is 0 Å². The van der Waals surface area contributed by atoms with Crippen LogP contribution in [0.15, 0.2) is 18.2 Å². The number of imidazole rings is 1. The lowest BCUT2D eigenvalue weighted by Gasteiger charge is -2.14. The molecule has 0 aliphatic heterocycles. The van der Waals surface area contributed by atoms with Crippen LogP contribution in [0.5, 0.6) is 0 Å². The van der Waals surface area contributed by atoms with E-state index >= 15 is 0 Å². The van der Waals surface area contributed by atoms with E-state index in [1.165, 1.54) is 5.56 Å². The minimum Gasteiger partial charge on any atom is -0.380 e. The maximum Gasteiger partial charge on any atom is 0.178 e. The van der Waals surface area contributed by atoms with E-state index in [-0.39, 0.29) is 6.04 Å². The molecule has 0 amide bonds. The molecule has 1 N–H and O–H groups in total. The zero-order valence-electron chi connectivity index (χ0n) is 10.5. The molecule has 3 nitrogen and oxygen atoms in total. The van der Waals surface area contributed by atoms with Crippen molar-refractivity contribution in [1.29, 1.82) is 0 Å². The molecule has 0 saturated heterocycles. The Kier molecular flexibility index (Phi) is 3.64. The van der Waals surface area contributed by atoms with Gasteiger partial charge in [0.05, 0.1) is 23.7 Å². The van der Waals surface area contributed by atoms with Gasteiger partial charge in [-0.15, -0.1) is 0 Å². The van der Waals surface area contributed by atoms with Crippen LogP contribution >= 0.6 is 12.2 Å². The number of H-pyrrole nitrogens is 1. The van der Waals surface area contributed by atoms with Crippen LogP contribution < -0.4 is 0 Å². The number of aryl methyl sites for hydroxylation is 1. The first kappa shape index (κ1) is 12.3. The zero-order chi connectivity index (χ0) is 12.4. The number of para-hydroxylation sites is 1. The van der Waals surface area contributed by atoms with Crippen molar-refractivity contribution in [2.24, 2.45) is 0 Å². The summed E-state index contributed by atoms with van der Waals surface area (Å²) in [7, 11) is 0. The van der Waals surface area contributed by atoms with E-state index in [0.717, 1.165) is 22.4 Å². The lowest BCUT2D eigenvalue weighted by Crippen LogP contribution is -2.12. The Balaban J connectivity index is 2.50. The predicted molar refractivity (Wildman–Crippen MR) is 73.1 cm³/mol. The maximum atomic E-state index is 5.47. The Morgan fingerprint density at radius 3 is 2.94 bits per heavy atom. The highest BCUT2D eigenvalue weighted by Gasteiger charge is 2.11. The molecule has 0 spiro atoms. The van der Waals surface area contributed by atoms with E-state index < -0.39 is 0 Å². The minimum atomic E-state index is 0.248. The first-order valence-corrected chi connectivity index (χ1v) is 6.33. The number of rotatable bonds is 4. The number of nitrogens with one attached hydrogen (secondary N) is 1. The molecule has 1 unspecified atom stereocenters. The van der Waals surface area contributed by atoms with Crippen molar-refractivity contribution in [1.82, 2.24) is 9.55 Å². The van der Waals surface area contributed by atoms with Gasteiger partial charge in [-0.2, -0.15) is 0 Å². The Morgan fingerprint density at radius 1 is 1.47 bits per heavy atom. The van der Waals surface area contributed by atoms with Crippen molar-refractivity contribution in [2.75, 3.05) is 13.2 Å². The summed E-state index contributed by atoms with van der Waals surface area (Å²) in [5, 5.41) is 0. The molecule has 4 heteroatoms. The van der Waals surface area contributed by atoms with Gasteiger partial charge in [-0.1, -0.05) is 12.1 Å². The minimum absolute atomic E-state index is 0.248. The van der Waals surface area contributed by atoms with E-state index in [2.05, 4.69) is 41.6 Å². The van der Waals surface area contributed by atoms with Crippen LogP contribution in [0.1, 0.15) is 25.5 Å². The normalized spacial score (nSPS) is 13.1. The topological polar surface area (TPSA) is 29.9 Å². The van der Waals surface area contributed by atoms with Gasteiger partial charge in [-0.05, 0) is 44.6 Å². The van der Waals surface area contributed by atoms with Gasteiger partial charge in [-0.3, -0.25) is 0 Å². The number of aromatic amines is 1. The van der Waals surface area contributed by atoms with E-state index in [1.807, 2.05) is 6.92 Å². The molecule has 1 heterocycles. The van der Waals surface area contributed by atoms with Gasteiger partial charge in [0.15, 0.2) is 4.77 Å². The highest BCUT2D eigenvalue weighted by Crippen LogP contribution is 2.21. The van der Waals surface area contributed by atoms with Gasteiger partial charge in [0.1, 0.15) is 0 Å². The van der Waals surface area contributed by atoms with Crippen LogP contribution in [0.25, 0.3) is 11.0 Å². The predicted octanol–water partition coefficient (Wildman–Crippen LogP) is 3.60. The molecule has 0 radical (unpaired) electrons. The Bertz CT molecular complexity index is 570. The third-order valence-corrected chi connectivity index (χ3v) is 3.26. The summed E-state index contributed by atoms with van der Waals surface area (Å²) in [5.74, 6) is 0. The highest BCUT2D eigenvalue weighted by atomic mass is 32.1. The molecule has 0 saturated carbocycles. The van der Waals surface area contributed by atoms with Crippen LogP contribution in [-0.4, -0.2) is 22.8 Å². The lowest BCUT2D eigenvalue weighted by atomic mass is 10.2. The van der Waals surface area contributed by atoms with Gasteiger partial charge in [0.25, 0.3) is 0 Å². The van der Waals surface area contributed by atoms with Gasteiger partial charge in [0, 0.05) is 6.61 Å². The largest absolute Gasteiger partial charge is 0.380 e. The van der Waals surface area contributed by atoms with Crippen molar-refractivity contribution in [3.63, 3.8) is 0 Å². The second-order valence-electron chi connectivity index (χ2n) is 4.28. The first-order valence-electron chi connectivity index (χ1n) is 5.92. The molecular weight excluding hydrogens is 232 g/mol. The van der Waals surface area contributed by atoms with Crippen molar-refractivity contribution in [2.45, 2.75) is 26.8 Å². The van der Waals surface area contributed by atoms with Crippen LogP contribution in [0.4, 0.5) is 0 Å². The monoisotopic (exact) mass is 250 g/mol. The summed E-state index contributed by atoms with van der Waals surface area (Å²) >= 11 is 5.39. The second kappa shape index (κ2) is 5.02. The summed E-state index contributed by atoms with van der Waals surface area (Å²) in [6.45, 7) is 7.64. The number of benzene rings is 1. The molecule has 2 aromatic rings. The summed E-state index contributed by atoms with van der Waals surface area (Å²) < 4.78 is 8.37. The Morgan fingerprint density at radius 2 is 2.24 bits per heavy atom. The summed E-state index contributed by atoms with van der Waals surface area (Å²) in [6, 6.07) is 6.49. The van der Waals surface area contributed by atoms with E-state index in [9.17, 15) is 0 Å². The number of hydrogen-bond acceptors (Lipinski definition) is 2. The molecule has 17 heavy (non-hydrogen) atoms. The molecule has 0 fully saturated rings. The standard InChI is InChI=1S/C13H18N2OS/c1-4-16-8-10(3)15-11-7-5-6-9(2)12(11)14-13(15)17/h5-7,10H,4,8H2,1-3H3,(H,14,17). The van der Waals surface area contributed by atoms with Crippen LogP contribution in [-0.2, 0) is 4.74 Å². The first-order chi connectivity index (χ1) is 8.15. The van der Waals surface area contributed by atoms with Crippen LogP contribution in [0, 0.1) is 11.7 Å². The summed E-state index contributed by atoms with van der Waals surface area (Å²) in [5.41, 5.74) is 3.50. The van der Waals surface area contributed by atoms with Gasteiger partial charge in [-0.25, -0.2) is 0 Å². The van der Waals surface area contributed by atoms with Gasteiger partial charge >= 0.3 is 0 Å². The molecule has 1 atom stereocenters. The number of nitrogens with zero attached hydrogens (tertiary/aromatic N) is 1. The van der Waals surface area contributed by atoms with E-state index in [1.54, 1.807) is 0 Å². The third-order valence-electron chi connectivity index (χ3n) is 2.97. The number of hydrogen-bond donors (Lipinski definition) is 1. The summed E-state index contributed by atoms with van der Waals surface area (Å²) in [6.07, 6.45) is 0. The third kappa shape index (κ3) is 2.28. The van der Waals surface area contributed by atoms with E-state index in [4.69, 9.17) is 17.0 Å². The number of fused-ring (bicyclic) bond motifs is 1. The SMILES string of the molecule is CCOCC(C)n1c(=S)[nH]c2c(C)cccc21. The Hall–Kier alpha value is -1.13. The molecular formula is C13H18N2OS. The second-order valence-corrected chi connectivity index (χ2v) is 4.66. The smallest absolute Gasteiger partial charge is 0.178 e. The number of ether oxygens (including phenoxy) is 1. The molecule has 92 valence electrons. The Labute approximate surface area is 106 Å². The zero-order valence-corrected chi connectivity index (χ0v) is 11.3. The van der Waals surface area contributed by atoms with Crippen molar-refractivity contribution >= 4 is 23.3 Å². The number of aromatic nitrogens is 2. The van der Waals surface area contributed by atoms with Crippen molar-refractivity contribution < 1.29 is 4.74 Å². The average Bonchev–Trinajstić information content (AvgIpc) is 2.64. The van der Waals surface area contributed by atoms with Crippen LogP contribution in [0.2, 0.25) is 0 Å². The average molecular weight is 250 g/mol. The fourth-order valence-corrected chi connectivity index (χ4v) is 2.47. The molecule has 1 aromatic carbocycles. The van der Waals surface area contributed by atoms with Crippen LogP contribution in [0.3, 0.4) is 0 Å².